The minimum atomic E-state index is -2.17. The number of aryl methyl sites for hydroxylation is 2. The summed E-state index contributed by atoms with van der Waals surface area (Å²) < 4.78 is 20.7. The Kier molecular flexibility index (Phi) is 11.0. The Morgan fingerprint density at radius 1 is 1.05 bits per heavy atom. The monoisotopic (exact) mass is 568 g/mol. The first-order chi connectivity index (χ1) is 19.0. The molecule has 7 heteroatoms. The minimum absolute atomic E-state index is 0.546. The van der Waals surface area contributed by atoms with E-state index in [1.165, 1.54) is 34.6 Å². The number of rotatable bonds is 4. The highest BCUT2D eigenvalue weighted by Gasteiger charge is 2.41. The molecule has 2 N–H and O–H groups in total. The van der Waals surface area contributed by atoms with Gasteiger partial charge in [-0.1, -0.05) is 31.2 Å². The Morgan fingerprint density at radius 3 is 2.30 bits per heavy atom. The van der Waals surface area contributed by atoms with Crippen molar-refractivity contribution in [2.24, 2.45) is 10.9 Å². The zero-order valence-corrected chi connectivity index (χ0v) is 25.4. The minimum Gasteiger partial charge on any atom is -0.400 e. The van der Waals surface area contributed by atoms with E-state index in [0.717, 1.165) is 37.3 Å². The first-order valence-corrected chi connectivity index (χ1v) is 14.7. The van der Waals surface area contributed by atoms with Crippen molar-refractivity contribution in [3.05, 3.63) is 77.1 Å². The SMILES string of the molecule is CC(F)F.CCC1Sc2cccc(C)c2C2CC(=Nc3ccc(-c4ccc(C(C)(C)O)nc4)cc3C)C1C2.CO. The number of alkyl halides is 2. The van der Waals surface area contributed by atoms with Crippen LogP contribution in [0, 0.1) is 19.8 Å². The van der Waals surface area contributed by atoms with Gasteiger partial charge in [-0.05, 0) is 106 Å². The Morgan fingerprint density at radius 2 is 1.73 bits per heavy atom. The summed E-state index contributed by atoms with van der Waals surface area (Å²) >= 11 is 2.07. The number of nitrogens with zero attached hydrogens (tertiary/aromatic N) is 2. The van der Waals surface area contributed by atoms with Crippen LogP contribution in [-0.2, 0) is 5.60 Å². The standard InChI is InChI=1S/C30H34N2OS.C2H4F2.CH4O/c1-6-26-23-15-22(29-18(2)8-7-9-27(29)34-26)16-25(23)32-24-12-10-20(14-19(24)3)21-11-13-28(31-17-21)30(4,5)33;1-2(3)4;1-2/h7-14,17,22-23,26,33H,6,15-16H2,1-5H3;2H,1H3;2H,1H3. The molecule has 216 valence electrons. The lowest BCUT2D eigenvalue weighted by Gasteiger charge is -2.23. The number of aromatic nitrogens is 1. The number of fused-ring (bicyclic) bond motifs is 4. The van der Waals surface area contributed by atoms with Crippen LogP contribution >= 0.6 is 11.8 Å². The lowest BCUT2D eigenvalue weighted by molar-refractivity contribution is 0.0739. The van der Waals surface area contributed by atoms with Gasteiger partial charge in [0.25, 0.3) is 0 Å². The van der Waals surface area contributed by atoms with Crippen molar-refractivity contribution in [1.29, 1.82) is 0 Å². The van der Waals surface area contributed by atoms with Crippen molar-refractivity contribution in [2.45, 2.75) is 88.9 Å². The number of halogens is 2. The van der Waals surface area contributed by atoms with Gasteiger partial charge in [0.2, 0.25) is 6.43 Å². The predicted octanol–water partition coefficient (Wildman–Crippen LogP) is 8.62. The van der Waals surface area contributed by atoms with Gasteiger partial charge in [-0.2, -0.15) is 0 Å². The van der Waals surface area contributed by atoms with Crippen LogP contribution in [0.5, 0.6) is 0 Å². The average molecular weight is 569 g/mol. The molecule has 3 unspecified atom stereocenters. The van der Waals surface area contributed by atoms with Crippen molar-refractivity contribution >= 4 is 23.2 Å². The summed E-state index contributed by atoms with van der Waals surface area (Å²) in [5, 5.41) is 17.8. The molecule has 1 saturated carbocycles. The third kappa shape index (κ3) is 7.56. The fraction of sp³-hybridized carbons (Fsp3) is 0.455. The molecule has 4 nitrogen and oxygen atoms in total. The number of pyridine rings is 1. The number of thioether (sulfide) groups is 1. The number of aliphatic imine (C=N–C) groups is 1. The zero-order valence-electron chi connectivity index (χ0n) is 24.6. The van der Waals surface area contributed by atoms with Gasteiger partial charge in [-0.15, -0.1) is 11.8 Å². The normalized spacial score (nSPS) is 20.7. The second-order valence-electron chi connectivity index (χ2n) is 10.9. The third-order valence-electron chi connectivity index (χ3n) is 7.43. The Balaban J connectivity index is 0.000000677. The number of benzene rings is 2. The van der Waals surface area contributed by atoms with E-state index in [-0.39, 0.29) is 0 Å². The maximum absolute atomic E-state index is 10.3. The maximum atomic E-state index is 10.3. The van der Waals surface area contributed by atoms with Crippen LogP contribution in [0.1, 0.15) is 75.3 Å². The van der Waals surface area contributed by atoms with Crippen LogP contribution < -0.4 is 0 Å². The van der Waals surface area contributed by atoms with E-state index in [2.05, 4.69) is 73.9 Å². The highest BCUT2D eigenvalue weighted by atomic mass is 32.2. The van der Waals surface area contributed by atoms with Crippen LogP contribution in [-0.4, -0.2) is 39.7 Å². The van der Waals surface area contributed by atoms with E-state index in [9.17, 15) is 13.9 Å². The summed E-state index contributed by atoms with van der Waals surface area (Å²) in [5.74, 6) is 1.13. The molecule has 1 aliphatic carbocycles. The van der Waals surface area contributed by atoms with Crippen molar-refractivity contribution in [2.75, 3.05) is 7.11 Å². The van der Waals surface area contributed by atoms with E-state index >= 15 is 0 Å². The largest absolute Gasteiger partial charge is 0.400 e. The van der Waals surface area contributed by atoms with Gasteiger partial charge in [-0.25, -0.2) is 8.78 Å². The van der Waals surface area contributed by atoms with Gasteiger partial charge in [0.15, 0.2) is 0 Å². The molecule has 2 heterocycles. The average Bonchev–Trinajstić information content (AvgIpc) is 3.23. The number of hydrogen-bond donors (Lipinski definition) is 2. The molecule has 0 amide bonds. The zero-order chi connectivity index (χ0) is 29.6. The van der Waals surface area contributed by atoms with Gasteiger partial charge in [0.1, 0.15) is 5.60 Å². The first-order valence-electron chi connectivity index (χ1n) is 13.8. The van der Waals surface area contributed by atoms with Gasteiger partial charge < -0.3 is 10.2 Å². The molecular weight excluding hydrogens is 526 g/mol. The fourth-order valence-corrected chi connectivity index (χ4v) is 7.12. The molecule has 1 aliphatic heterocycles. The highest BCUT2D eigenvalue weighted by Crippen LogP contribution is 2.51. The molecule has 3 aromatic rings. The lowest BCUT2D eigenvalue weighted by Crippen LogP contribution is -2.20. The molecule has 3 atom stereocenters. The molecule has 1 aromatic heterocycles. The Hall–Kier alpha value is -2.61. The topological polar surface area (TPSA) is 65.7 Å². The predicted molar refractivity (Wildman–Crippen MR) is 163 cm³/mol. The van der Waals surface area contributed by atoms with E-state index < -0.39 is 12.0 Å². The fourth-order valence-electron chi connectivity index (χ4n) is 5.58. The summed E-state index contributed by atoms with van der Waals surface area (Å²) in [6.07, 6.45) is 3.14. The van der Waals surface area contributed by atoms with Crippen molar-refractivity contribution in [3.63, 3.8) is 0 Å². The van der Waals surface area contributed by atoms with Gasteiger partial charge in [0, 0.05) is 40.6 Å². The van der Waals surface area contributed by atoms with Gasteiger partial charge in [0.05, 0.1) is 11.4 Å². The van der Waals surface area contributed by atoms with Crippen molar-refractivity contribution in [1.82, 2.24) is 4.98 Å². The third-order valence-corrected chi connectivity index (χ3v) is 9.00. The van der Waals surface area contributed by atoms with Gasteiger partial charge in [-0.3, -0.25) is 9.98 Å². The molecule has 2 aliphatic rings. The second-order valence-corrected chi connectivity index (χ2v) is 12.2. The van der Waals surface area contributed by atoms with Crippen molar-refractivity contribution in [3.8, 4) is 11.1 Å². The number of aliphatic hydroxyl groups excluding tert-OH is 1. The highest BCUT2D eigenvalue weighted by molar-refractivity contribution is 8.00. The van der Waals surface area contributed by atoms with Crippen LogP contribution in [0.4, 0.5) is 14.5 Å². The molecular formula is C33H42F2N2O2S. The van der Waals surface area contributed by atoms with Crippen molar-refractivity contribution < 1.29 is 19.0 Å². The summed E-state index contributed by atoms with van der Waals surface area (Å²) in [4.78, 5) is 11.2. The summed E-state index contributed by atoms with van der Waals surface area (Å²) in [5.41, 5.74) is 8.57. The molecule has 5 rings (SSSR count). The molecule has 1 fully saturated rings. The molecule has 2 bridgehead atoms. The summed E-state index contributed by atoms with van der Waals surface area (Å²) in [7, 11) is 1.00. The molecule has 0 radical (unpaired) electrons. The van der Waals surface area contributed by atoms with E-state index in [4.69, 9.17) is 10.1 Å². The van der Waals surface area contributed by atoms with E-state index in [1.807, 2.05) is 18.3 Å². The summed E-state index contributed by atoms with van der Waals surface area (Å²) in [6, 6.07) is 17.2. The van der Waals surface area contributed by atoms with Crippen LogP contribution in [0.25, 0.3) is 11.1 Å². The molecule has 40 heavy (non-hydrogen) atoms. The van der Waals surface area contributed by atoms with E-state index in [1.54, 1.807) is 19.4 Å². The van der Waals surface area contributed by atoms with Crippen LogP contribution in [0.3, 0.4) is 0 Å². The van der Waals surface area contributed by atoms with E-state index in [0.29, 0.717) is 22.8 Å². The second kappa shape index (κ2) is 13.8. The van der Waals surface area contributed by atoms with Gasteiger partial charge >= 0.3 is 0 Å². The van der Waals surface area contributed by atoms with Crippen LogP contribution in [0.2, 0.25) is 0 Å². The molecule has 2 aromatic carbocycles. The Bertz CT molecular complexity index is 1300. The molecule has 0 saturated heterocycles. The quantitative estimate of drug-likeness (QED) is 0.331. The number of hydrogen-bond acceptors (Lipinski definition) is 5. The first kappa shape index (κ1) is 31.9. The smallest absolute Gasteiger partial charge is 0.235 e. The lowest BCUT2D eigenvalue weighted by atomic mass is 9.92. The summed E-state index contributed by atoms with van der Waals surface area (Å²) in [6.45, 7) is 11.1. The maximum Gasteiger partial charge on any atom is 0.235 e. The molecule has 0 spiro atoms. The Labute approximate surface area is 242 Å². The van der Waals surface area contributed by atoms with Crippen LogP contribution in [0.15, 0.2) is 64.6 Å². The number of aliphatic hydroxyl groups is 2.